The van der Waals surface area contributed by atoms with Crippen molar-refractivity contribution in [1.82, 2.24) is 0 Å². The molecule has 1 nitrogen and oxygen atoms in total. The van der Waals surface area contributed by atoms with Crippen molar-refractivity contribution in [2.75, 3.05) is 0 Å². The maximum atomic E-state index is 6.57. The molecular weight excluding hydrogens is 266 g/mol. The lowest BCUT2D eigenvalue weighted by Gasteiger charge is -2.34. The molecule has 2 aromatic carbocycles. The van der Waals surface area contributed by atoms with Crippen LogP contribution in [-0.2, 0) is 5.54 Å². The average molecular weight is 288 g/mol. The smallest absolute Gasteiger partial charge is 0.0409 e. The molecule has 1 fully saturated rings. The quantitative estimate of drug-likeness (QED) is 0.836. The zero-order valence-corrected chi connectivity index (χ0v) is 12.5. The second-order valence-electron chi connectivity index (χ2n) is 5.66. The Hall–Kier alpha value is -1.31. The third-order valence-corrected chi connectivity index (χ3v) is 4.31. The molecule has 0 unspecified atom stereocenters. The summed E-state index contributed by atoms with van der Waals surface area (Å²) < 4.78 is 0. The molecule has 0 saturated heterocycles. The molecule has 2 N–H and O–H groups in total. The second-order valence-corrected chi connectivity index (χ2v) is 5.66. The fourth-order valence-electron chi connectivity index (χ4n) is 3.10. The van der Waals surface area contributed by atoms with Gasteiger partial charge in [-0.3, -0.25) is 0 Å². The number of hydrogen-bond donors (Lipinski definition) is 1. The van der Waals surface area contributed by atoms with E-state index in [9.17, 15) is 0 Å². The minimum absolute atomic E-state index is 0. The molecule has 20 heavy (non-hydrogen) atoms. The first-order chi connectivity index (χ1) is 9.28. The Morgan fingerprint density at radius 1 is 0.700 bits per heavy atom. The molecule has 0 radical (unpaired) electrons. The van der Waals surface area contributed by atoms with E-state index in [4.69, 9.17) is 5.73 Å². The third-order valence-electron chi connectivity index (χ3n) is 4.31. The zero-order chi connectivity index (χ0) is 13.1. The summed E-state index contributed by atoms with van der Waals surface area (Å²) in [5, 5.41) is 0. The molecule has 0 heterocycles. The summed E-state index contributed by atoms with van der Waals surface area (Å²) in [6.07, 6.45) is 6.10. The van der Waals surface area contributed by atoms with Crippen LogP contribution in [0, 0.1) is 0 Å². The summed E-state index contributed by atoms with van der Waals surface area (Å²) in [5.41, 5.74) is 10.3. The van der Waals surface area contributed by atoms with Crippen molar-refractivity contribution in [3.05, 3.63) is 60.2 Å². The summed E-state index contributed by atoms with van der Waals surface area (Å²) in [6, 6.07) is 19.3. The van der Waals surface area contributed by atoms with Crippen molar-refractivity contribution >= 4 is 12.4 Å². The minimum atomic E-state index is -0.0898. The van der Waals surface area contributed by atoms with Gasteiger partial charge in [-0.25, -0.2) is 0 Å². The van der Waals surface area contributed by atoms with Gasteiger partial charge in [-0.1, -0.05) is 73.9 Å². The van der Waals surface area contributed by atoms with E-state index >= 15 is 0 Å². The van der Waals surface area contributed by atoms with Gasteiger partial charge in [0, 0.05) is 5.54 Å². The van der Waals surface area contributed by atoms with Crippen LogP contribution < -0.4 is 5.73 Å². The molecule has 0 spiro atoms. The second kappa shape index (κ2) is 6.43. The van der Waals surface area contributed by atoms with Gasteiger partial charge in [-0.15, -0.1) is 12.4 Å². The predicted molar refractivity (Wildman–Crippen MR) is 88.1 cm³/mol. The van der Waals surface area contributed by atoms with Crippen molar-refractivity contribution in [3.8, 4) is 11.1 Å². The fraction of sp³-hybridized carbons (Fsp3) is 0.333. The Labute approximate surface area is 127 Å². The number of rotatable bonds is 2. The lowest BCUT2D eigenvalue weighted by atomic mass is 9.77. The normalized spacial score (nSPS) is 17.2. The predicted octanol–water partition coefficient (Wildman–Crippen LogP) is 4.89. The van der Waals surface area contributed by atoms with Crippen molar-refractivity contribution in [2.24, 2.45) is 5.73 Å². The van der Waals surface area contributed by atoms with Crippen LogP contribution in [0.15, 0.2) is 54.6 Å². The maximum absolute atomic E-state index is 6.57. The van der Waals surface area contributed by atoms with Gasteiger partial charge >= 0.3 is 0 Å². The van der Waals surface area contributed by atoms with Crippen molar-refractivity contribution in [2.45, 2.75) is 37.6 Å². The summed E-state index contributed by atoms with van der Waals surface area (Å²) in [7, 11) is 0. The highest BCUT2D eigenvalue weighted by Gasteiger charge is 2.28. The first kappa shape index (κ1) is 15.1. The van der Waals surface area contributed by atoms with E-state index in [1.807, 2.05) is 0 Å². The van der Waals surface area contributed by atoms with Crippen molar-refractivity contribution in [1.29, 1.82) is 0 Å². The summed E-state index contributed by atoms with van der Waals surface area (Å²) in [4.78, 5) is 0. The lowest BCUT2D eigenvalue weighted by Crippen LogP contribution is -2.38. The van der Waals surface area contributed by atoms with Gasteiger partial charge in [0.2, 0.25) is 0 Å². The van der Waals surface area contributed by atoms with Crippen LogP contribution in [-0.4, -0.2) is 0 Å². The monoisotopic (exact) mass is 287 g/mol. The molecule has 1 saturated carbocycles. The number of nitrogens with two attached hydrogens (primary N) is 1. The Kier molecular flexibility index (Phi) is 4.85. The van der Waals surface area contributed by atoms with E-state index < -0.39 is 0 Å². The number of benzene rings is 2. The number of halogens is 1. The van der Waals surface area contributed by atoms with E-state index in [-0.39, 0.29) is 17.9 Å². The van der Waals surface area contributed by atoms with Crippen LogP contribution in [0.3, 0.4) is 0 Å². The molecule has 2 heteroatoms. The fourth-order valence-corrected chi connectivity index (χ4v) is 3.10. The van der Waals surface area contributed by atoms with E-state index in [0.717, 1.165) is 12.8 Å². The first-order valence-corrected chi connectivity index (χ1v) is 7.23. The standard InChI is InChI=1S/C18H21N.ClH/c19-18(13-5-2-6-14-18)17-11-9-16(10-12-17)15-7-3-1-4-8-15;/h1,3-4,7-12H,2,5-6,13-14,19H2;1H. The summed E-state index contributed by atoms with van der Waals surface area (Å²) in [5.74, 6) is 0. The van der Waals surface area contributed by atoms with Gasteiger partial charge < -0.3 is 5.73 Å². The minimum Gasteiger partial charge on any atom is -0.321 e. The molecule has 0 amide bonds. The molecule has 0 atom stereocenters. The molecule has 1 aliphatic rings. The topological polar surface area (TPSA) is 26.0 Å². The molecule has 106 valence electrons. The summed E-state index contributed by atoms with van der Waals surface area (Å²) >= 11 is 0. The average Bonchev–Trinajstić information content (AvgIpc) is 2.49. The Balaban J connectivity index is 0.00000147. The molecule has 2 aromatic rings. The van der Waals surface area contributed by atoms with Crippen LogP contribution in [0.5, 0.6) is 0 Å². The van der Waals surface area contributed by atoms with E-state index in [1.165, 1.54) is 36.0 Å². The van der Waals surface area contributed by atoms with Crippen LogP contribution in [0.25, 0.3) is 11.1 Å². The Morgan fingerprint density at radius 2 is 1.25 bits per heavy atom. The van der Waals surface area contributed by atoms with E-state index in [2.05, 4.69) is 54.6 Å². The maximum Gasteiger partial charge on any atom is 0.0409 e. The molecule has 0 bridgehead atoms. The van der Waals surface area contributed by atoms with Gasteiger partial charge in [-0.05, 0) is 29.5 Å². The van der Waals surface area contributed by atoms with Crippen LogP contribution in [0.2, 0.25) is 0 Å². The van der Waals surface area contributed by atoms with Gasteiger partial charge in [0.25, 0.3) is 0 Å². The van der Waals surface area contributed by atoms with Crippen LogP contribution >= 0.6 is 12.4 Å². The lowest BCUT2D eigenvalue weighted by molar-refractivity contribution is 0.302. The first-order valence-electron chi connectivity index (χ1n) is 7.23. The van der Waals surface area contributed by atoms with Crippen LogP contribution in [0.4, 0.5) is 0 Å². The van der Waals surface area contributed by atoms with Crippen LogP contribution in [0.1, 0.15) is 37.7 Å². The highest BCUT2D eigenvalue weighted by molar-refractivity contribution is 5.85. The molecule has 1 aliphatic carbocycles. The zero-order valence-electron chi connectivity index (χ0n) is 11.7. The van der Waals surface area contributed by atoms with Crippen molar-refractivity contribution < 1.29 is 0 Å². The molecule has 0 aromatic heterocycles. The SMILES string of the molecule is Cl.NC1(c2ccc(-c3ccccc3)cc2)CCCCC1. The van der Waals surface area contributed by atoms with Gasteiger partial charge in [0.15, 0.2) is 0 Å². The van der Waals surface area contributed by atoms with Crippen molar-refractivity contribution in [3.63, 3.8) is 0 Å². The van der Waals surface area contributed by atoms with E-state index in [1.54, 1.807) is 0 Å². The Bertz CT molecular complexity index is 527. The Morgan fingerprint density at radius 3 is 1.85 bits per heavy atom. The van der Waals surface area contributed by atoms with Gasteiger partial charge in [0.05, 0.1) is 0 Å². The molecular formula is C18H22ClN. The van der Waals surface area contributed by atoms with Gasteiger partial charge in [0.1, 0.15) is 0 Å². The molecule has 3 rings (SSSR count). The highest BCUT2D eigenvalue weighted by Crippen LogP contribution is 2.35. The highest BCUT2D eigenvalue weighted by atomic mass is 35.5. The van der Waals surface area contributed by atoms with E-state index in [0.29, 0.717) is 0 Å². The third kappa shape index (κ3) is 3.05. The summed E-state index contributed by atoms with van der Waals surface area (Å²) in [6.45, 7) is 0. The molecule has 0 aliphatic heterocycles. The largest absolute Gasteiger partial charge is 0.321 e. The van der Waals surface area contributed by atoms with Gasteiger partial charge in [-0.2, -0.15) is 0 Å². The number of hydrogen-bond acceptors (Lipinski definition) is 1.